The first-order valence-electron chi connectivity index (χ1n) is 6.04. The maximum Gasteiger partial charge on any atom is 0.259 e. The highest BCUT2D eigenvalue weighted by atomic mass is 16.5. The first kappa shape index (κ1) is 12.1. The fourth-order valence-corrected chi connectivity index (χ4v) is 2.11. The molecular weight excluding hydrogens is 218 g/mol. The van der Waals surface area contributed by atoms with Gasteiger partial charge in [0.15, 0.2) is 0 Å². The summed E-state index contributed by atoms with van der Waals surface area (Å²) in [7, 11) is 0. The summed E-state index contributed by atoms with van der Waals surface area (Å²) in [6, 6.07) is 0.546. The molecular formula is C12H19N3O2. The van der Waals surface area contributed by atoms with Crippen LogP contribution in [0.1, 0.15) is 29.9 Å². The normalized spacial score (nSPS) is 17.8. The number of rotatable bonds is 2. The van der Waals surface area contributed by atoms with Crippen LogP contribution in [0, 0.1) is 6.92 Å². The lowest BCUT2D eigenvalue weighted by Gasteiger charge is -2.36. The lowest BCUT2D eigenvalue weighted by molar-refractivity contribution is 0.0594. The number of aromatic nitrogens is 1. The van der Waals surface area contributed by atoms with E-state index in [4.69, 9.17) is 4.52 Å². The average molecular weight is 237 g/mol. The third kappa shape index (κ3) is 2.49. The van der Waals surface area contributed by atoms with Crippen LogP contribution in [-0.2, 0) is 0 Å². The molecule has 0 atom stereocenters. The molecule has 17 heavy (non-hydrogen) atoms. The van der Waals surface area contributed by atoms with E-state index in [9.17, 15) is 4.79 Å². The highest BCUT2D eigenvalue weighted by Crippen LogP contribution is 2.12. The summed E-state index contributed by atoms with van der Waals surface area (Å²) >= 11 is 0. The van der Waals surface area contributed by atoms with Gasteiger partial charge in [-0.3, -0.25) is 9.69 Å². The first-order valence-corrected chi connectivity index (χ1v) is 6.04. The molecule has 0 unspecified atom stereocenters. The second kappa shape index (κ2) is 4.87. The summed E-state index contributed by atoms with van der Waals surface area (Å²) in [4.78, 5) is 16.4. The molecule has 2 heterocycles. The number of hydrogen-bond donors (Lipinski definition) is 0. The molecule has 1 amide bonds. The van der Waals surface area contributed by atoms with Crippen LogP contribution in [0.15, 0.2) is 10.8 Å². The number of carbonyl (C=O) groups excluding carboxylic acids is 1. The predicted octanol–water partition coefficient (Wildman–Crippen LogP) is 1.15. The lowest BCUT2D eigenvalue weighted by atomic mass is 10.2. The fourth-order valence-electron chi connectivity index (χ4n) is 2.11. The number of amides is 1. The van der Waals surface area contributed by atoms with E-state index in [2.05, 4.69) is 23.9 Å². The zero-order chi connectivity index (χ0) is 12.4. The highest BCUT2D eigenvalue weighted by Gasteiger charge is 2.25. The van der Waals surface area contributed by atoms with Gasteiger partial charge in [-0.15, -0.1) is 0 Å². The van der Waals surface area contributed by atoms with Crippen LogP contribution in [0.25, 0.3) is 0 Å². The van der Waals surface area contributed by atoms with Gasteiger partial charge in [-0.1, -0.05) is 5.16 Å². The molecule has 0 radical (unpaired) electrons. The van der Waals surface area contributed by atoms with Crippen LogP contribution in [0.2, 0.25) is 0 Å². The minimum absolute atomic E-state index is 0.0344. The molecule has 0 bridgehead atoms. The summed E-state index contributed by atoms with van der Waals surface area (Å²) in [6.45, 7) is 9.59. The van der Waals surface area contributed by atoms with Crippen molar-refractivity contribution in [1.29, 1.82) is 0 Å². The van der Waals surface area contributed by atoms with Crippen LogP contribution in [0.3, 0.4) is 0 Å². The minimum atomic E-state index is 0.0344. The quantitative estimate of drug-likeness (QED) is 0.774. The number of carbonyl (C=O) groups is 1. The minimum Gasteiger partial charge on any atom is -0.364 e. The largest absolute Gasteiger partial charge is 0.364 e. The summed E-state index contributed by atoms with van der Waals surface area (Å²) in [5.74, 6) is 0.0344. The van der Waals surface area contributed by atoms with Crippen molar-refractivity contribution in [3.8, 4) is 0 Å². The van der Waals surface area contributed by atoms with Gasteiger partial charge in [0.05, 0.1) is 5.69 Å². The lowest BCUT2D eigenvalue weighted by Crippen LogP contribution is -2.50. The van der Waals surface area contributed by atoms with Crippen molar-refractivity contribution in [2.24, 2.45) is 0 Å². The molecule has 0 spiro atoms. The Morgan fingerprint density at radius 3 is 2.47 bits per heavy atom. The Morgan fingerprint density at radius 2 is 2.00 bits per heavy atom. The van der Waals surface area contributed by atoms with Gasteiger partial charge < -0.3 is 9.42 Å². The Balaban J connectivity index is 1.98. The Labute approximate surface area is 101 Å². The molecule has 1 aliphatic heterocycles. The van der Waals surface area contributed by atoms with Crippen LogP contribution >= 0.6 is 0 Å². The zero-order valence-electron chi connectivity index (χ0n) is 10.6. The summed E-state index contributed by atoms with van der Waals surface area (Å²) in [5.41, 5.74) is 1.25. The van der Waals surface area contributed by atoms with Gasteiger partial charge in [0, 0.05) is 32.2 Å². The molecule has 1 aliphatic rings. The Kier molecular flexibility index (Phi) is 3.47. The number of hydrogen-bond acceptors (Lipinski definition) is 4. The Hall–Kier alpha value is -1.36. The van der Waals surface area contributed by atoms with Crippen molar-refractivity contribution >= 4 is 5.91 Å². The maximum absolute atomic E-state index is 12.2. The molecule has 0 aliphatic carbocycles. The van der Waals surface area contributed by atoms with Gasteiger partial charge in [-0.05, 0) is 20.8 Å². The van der Waals surface area contributed by atoms with Crippen molar-refractivity contribution in [2.75, 3.05) is 26.2 Å². The molecule has 2 rings (SSSR count). The van der Waals surface area contributed by atoms with Crippen molar-refractivity contribution < 1.29 is 9.32 Å². The summed E-state index contributed by atoms with van der Waals surface area (Å²) in [6.07, 6.45) is 1.44. The number of aryl methyl sites for hydroxylation is 1. The average Bonchev–Trinajstić information content (AvgIpc) is 2.74. The topological polar surface area (TPSA) is 49.6 Å². The van der Waals surface area contributed by atoms with Crippen LogP contribution in [-0.4, -0.2) is 53.1 Å². The van der Waals surface area contributed by atoms with Gasteiger partial charge in [0.1, 0.15) is 11.8 Å². The fraction of sp³-hybridized carbons (Fsp3) is 0.667. The Morgan fingerprint density at radius 1 is 1.35 bits per heavy atom. The highest BCUT2D eigenvalue weighted by molar-refractivity contribution is 5.94. The van der Waals surface area contributed by atoms with E-state index in [1.165, 1.54) is 6.26 Å². The molecule has 0 saturated carbocycles. The smallest absolute Gasteiger partial charge is 0.259 e. The van der Waals surface area contributed by atoms with Crippen molar-refractivity contribution in [3.05, 3.63) is 17.5 Å². The van der Waals surface area contributed by atoms with E-state index in [0.717, 1.165) is 26.2 Å². The maximum atomic E-state index is 12.2. The van der Waals surface area contributed by atoms with E-state index in [-0.39, 0.29) is 5.91 Å². The van der Waals surface area contributed by atoms with Crippen LogP contribution in [0.4, 0.5) is 0 Å². The molecule has 0 N–H and O–H groups in total. The third-order valence-corrected chi connectivity index (χ3v) is 3.31. The van der Waals surface area contributed by atoms with Crippen LogP contribution < -0.4 is 0 Å². The summed E-state index contributed by atoms with van der Waals surface area (Å²) in [5, 5.41) is 3.74. The van der Waals surface area contributed by atoms with Gasteiger partial charge in [-0.2, -0.15) is 0 Å². The van der Waals surface area contributed by atoms with Crippen molar-refractivity contribution in [3.63, 3.8) is 0 Å². The second-order valence-electron chi connectivity index (χ2n) is 4.74. The molecule has 1 saturated heterocycles. The molecule has 94 valence electrons. The van der Waals surface area contributed by atoms with Gasteiger partial charge in [0.2, 0.25) is 0 Å². The monoisotopic (exact) mass is 237 g/mol. The van der Waals surface area contributed by atoms with Crippen molar-refractivity contribution in [1.82, 2.24) is 15.0 Å². The van der Waals surface area contributed by atoms with E-state index in [1.807, 2.05) is 4.90 Å². The number of piperazine rings is 1. The van der Waals surface area contributed by atoms with Gasteiger partial charge >= 0.3 is 0 Å². The standard InChI is InChI=1S/C12H19N3O2/c1-9(2)14-4-6-15(7-5-14)12(16)11-8-17-13-10(11)3/h8-9H,4-7H2,1-3H3. The molecule has 5 nitrogen and oxygen atoms in total. The van der Waals surface area contributed by atoms with Crippen LogP contribution in [0.5, 0.6) is 0 Å². The molecule has 5 heteroatoms. The predicted molar refractivity (Wildman–Crippen MR) is 63.9 cm³/mol. The van der Waals surface area contributed by atoms with Gasteiger partial charge in [-0.25, -0.2) is 0 Å². The van der Waals surface area contributed by atoms with E-state index in [0.29, 0.717) is 17.3 Å². The molecule has 1 aromatic rings. The van der Waals surface area contributed by atoms with E-state index in [1.54, 1.807) is 6.92 Å². The molecule has 1 aromatic heterocycles. The SMILES string of the molecule is Cc1nocc1C(=O)N1CCN(C(C)C)CC1. The number of nitrogens with zero attached hydrogens (tertiary/aromatic N) is 3. The molecule has 0 aromatic carbocycles. The van der Waals surface area contributed by atoms with Crippen molar-refractivity contribution in [2.45, 2.75) is 26.8 Å². The summed E-state index contributed by atoms with van der Waals surface area (Å²) < 4.78 is 4.81. The Bertz CT molecular complexity index is 392. The van der Waals surface area contributed by atoms with E-state index >= 15 is 0 Å². The third-order valence-electron chi connectivity index (χ3n) is 3.31. The zero-order valence-corrected chi connectivity index (χ0v) is 10.6. The van der Waals surface area contributed by atoms with E-state index < -0.39 is 0 Å². The van der Waals surface area contributed by atoms with Gasteiger partial charge in [0.25, 0.3) is 5.91 Å². The first-order chi connectivity index (χ1) is 8.09. The molecule has 1 fully saturated rings. The second-order valence-corrected chi connectivity index (χ2v) is 4.74.